The summed E-state index contributed by atoms with van der Waals surface area (Å²) in [6.45, 7) is 3.82. The van der Waals surface area contributed by atoms with Gasteiger partial charge in [0.05, 0.1) is 25.4 Å². The van der Waals surface area contributed by atoms with Crippen LogP contribution in [0.15, 0.2) is 24.3 Å². The van der Waals surface area contributed by atoms with E-state index < -0.39 is 49.5 Å². The predicted octanol–water partition coefficient (Wildman–Crippen LogP) is 16.5. The van der Waals surface area contributed by atoms with Crippen LogP contribution >= 0.6 is 0 Å². The van der Waals surface area contributed by atoms with Crippen LogP contribution in [0.25, 0.3) is 0 Å². The lowest BCUT2D eigenvalue weighted by atomic mass is 9.99. The molecule has 1 heterocycles. The van der Waals surface area contributed by atoms with Crippen molar-refractivity contribution in [2.75, 3.05) is 13.2 Å². The molecule has 73 heavy (non-hydrogen) atoms. The van der Waals surface area contributed by atoms with Crippen molar-refractivity contribution >= 4 is 5.91 Å². The van der Waals surface area contributed by atoms with Crippen LogP contribution in [-0.2, 0) is 14.3 Å². The molecule has 432 valence electrons. The molecule has 0 saturated carbocycles. The number of aliphatic hydroxyl groups excluding tert-OH is 5. The number of carbonyl (C=O) groups is 1. The Hall–Kier alpha value is -1.33. The summed E-state index contributed by atoms with van der Waals surface area (Å²) < 4.78 is 11.3. The van der Waals surface area contributed by atoms with Gasteiger partial charge in [-0.1, -0.05) is 295 Å². The van der Waals surface area contributed by atoms with Gasteiger partial charge in [0.25, 0.3) is 0 Å². The van der Waals surface area contributed by atoms with E-state index in [1.54, 1.807) is 6.08 Å². The fraction of sp³-hybridized carbons (Fsp3) is 0.922. The van der Waals surface area contributed by atoms with Crippen molar-refractivity contribution in [3.05, 3.63) is 24.3 Å². The maximum absolute atomic E-state index is 13.1. The van der Waals surface area contributed by atoms with Gasteiger partial charge < -0.3 is 40.3 Å². The monoisotopic (exact) mass is 1030 g/mol. The first kappa shape index (κ1) is 69.7. The lowest BCUT2D eigenvalue weighted by Gasteiger charge is -2.40. The summed E-state index contributed by atoms with van der Waals surface area (Å²) in [5.74, 6) is -0.174. The Labute approximate surface area is 451 Å². The van der Waals surface area contributed by atoms with E-state index in [4.69, 9.17) is 9.47 Å². The summed E-state index contributed by atoms with van der Waals surface area (Å²) in [4.78, 5) is 13.1. The molecule has 0 aromatic rings. The number of hydrogen-bond donors (Lipinski definition) is 6. The van der Waals surface area contributed by atoms with E-state index in [0.29, 0.717) is 6.42 Å². The molecule has 1 saturated heterocycles. The smallest absolute Gasteiger partial charge is 0.220 e. The lowest BCUT2D eigenvalue weighted by molar-refractivity contribution is -0.302. The maximum Gasteiger partial charge on any atom is 0.220 e. The molecular formula is C64H123NO8. The highest BCUT2D eigenvalue weighted by Crippen LogP contribution is 2.23. The van der Waals surface area contributed by atoms with Crippen molar-refractivity contribution in [3.8, 4) is 0 Å². The minimum absolute atomic E-state index is 0.174. The SMILES string of the molecule is CCCCCCCCCC/C=C\CCCCCCCCCCCC(=O)NC(COC1OC(CO)C(O)C(O)C1O)C(O)/C=C/CCCCCCCCCCCCCCCCCCCCCCCCCCCCC. The Morgan fingerprint density at radius 3 is 1.11 bits per heavy atom. The van der Waals surface area contributed by atoms with Crippen molar-refractivity contribution in [1.82, 2.24) is 5.32 Å². The fourth-order valence-electron chi connectivity index (χ4n) is 10.4. The van der Waals surface area contributed by atoms with Gasteiger partial charge in [0.2, 0.25) is 5.91 Å². The average molecular weight is 1030 g/mol. The van der Waals surface area contributed by atoms with Gasteiger partial charge in [-0.05, 0) is 44.9 Å². The van der Waals surface area contributed by atoms with E-state index in [1.165, 1.54) is 263 Å². The van der Waals surface area contributed by atoms with Crippen LogP contribution in [0.2, 0.25) is 0 Å². The third kappa shape index (κ3) is 43.4. The minimum Gasteiger partial charge on any atom is -0.394 e. The van der Waals surface area contributed by atoms with Crippen molar-refractivity contribution in [2.45, 2.75) is 365 Å². The quantitative estimate of drug-likeness (QED) is 0.0261. The number of aliphatic hydroxyl groups is 5. The molecule has 1 amide bonds. The molecule has 9 nitrogen and oxygen atoms in total. The van der Waals surface area contributed by atoms with Gasteiger partial charge in [-0.2, -0.15) is 0 Å². The summed E-state index contributed by atoms with van der Waals surface area (Å²) >= 11 is 0. The molecule has 0 radical (unpaired) electrons. The number of amides is 1. The molecule has 1 fully saturated rings. The second kappa shape index (κ2) is 54.0. The average Bonchev–Trinajstić information content (AvgIpc) is 3.39. The van der Waals surface area contributed by atoms with Gasteiger partial charge in [0, 0.05) is 6.42 Å². The van der Waals surface area contributed by atoms with Crippen LogP contribution in [-0.4, -0.2) is 87.5 Å². The molecule has 0 aromatic carbocycles. The third-order valence-electron chi connectivity index (χ3n) is 15.5. The molecule has 1 rings (SSSR count). The van der Waals surface area contributed by atoms with E-state index in [0.717, 1.165) is 38.5 Å². The molecule has 6 N–H and O–H groups in total. The number of ether oxygens (including phenoxy) is 2. The summed E-state index contributed by atoms with van der Waals surface area (Å²) in [6, 6.07) is -0.805. The standard InChI is InChI=1S/C64H123NO8/c1-3-5-7-9-11-13-15-17-19-21-23-25-26-27-28-29-30-31-32-34-35-37-39-41-43-45-47-49-51-53-58(67)57(56-72-64-63(71)62(70)61(69)59(55-66)73-64)65-60(68)54-52-50-48-46-44-42-40-38-36-33-24-22-20-18-16-14-12-10-8-6-4-2/h22,24,51,53,57-59,61-64,66-67,69-71H,3-21,23,25-50,52,54-56H2,1-2H3,(H,65,68)/b24-22-,53-51+. The molecular weight excluding hydrogens is 911 g/mol. The molecule has 0 bridgehead atoms. The van der Waals surface area contributed by atoms with Crippen LogP contribution in [0.1, 0.15) is 322 Å². The highest BCUT2D eigenvalue weighted by Gasteiger charge is 2.44. The van der Waals surface area contributed by atoms with Gasteiger partial charge in [-0.25, -0.2) is 0 Å². The van der Waals surface area contributed by atoms with Gasteiger partial charge in [0.15, 0.2) is 6.29 Å². The fourth-order valence-corrected chi connectivity index (χ4v) is 10.4. The molecule has 0 aliphatic carbocycles. The molecule has 7 atom stereocenters. The normalized spacial score (nSPS) is 19.1. The van der Waals surface area contributed by atoms with Crippen LogP contribution in [0.5, 0.6) is 0 Å². The van der Waals surface area contributed by atoms with E-state index in [-0.39, 0.29) is 12.5 Å². The zero-order valence-corrected chi connectivity index (χ0v) is 48.2. The zero-order chi connectivity index (χ0) is 52.9. The van der Waals surface area contributed by atoms with Gasteiger partial charge >= 0.3 is 0 Å². The van der Waals surface area contributed by atoms with Crippen LogP contribution in [0.4, 0.5) is 0 Å². The first-order valence-electron chi connectivity index (χ1n) is 32.1. The van der Waals surface area contributed by atoms with Crippen molar-refractivity contribution in [1.29, 1.82) is 0 Å². The van der Waals surface area contributed by atoms with Crippen LogP contribution < -0.4 is 5.32 Å². The van der Waals surface area contributed by atoms with E-state index in [1.807, 2.05) is 6.08 Å². The van der Waals surface area contributed by atoms with E-state index in [2.05, 4.69) is 31.3 Å². The van der Waals surface area contributed by atoms with Crippen LogP contribution in [0, 0.1) is 0 Å². The summed E-state index contributed by atoms with van der Waals surface area (Å²) in [5, 5.41) is 54.6. The van der Waals surface area contributed by atoms with Crippen molar-refractivity contribution < 1.29 is 39.8 Å². The third-order valence-corrected chi connectivity index (χ3v) is 15.5. The number of hydrogen-bond acceptors (Lipinski definition) is 8. The molecule has 1 aliphatic rings. The molecule has 7 unspecified atom stereocenters. The second-order valence-corrected chi connectivity index (χ2v) is 22.6. The Bertz CT molecular complexity index is 1200. The molecule has 9 heteroatoms. The van der Waals surface area contributed by atoms with Crippen molar-refractivity contribution in [2.24, 2.45) is 0 Å². The van der Waals surface area contributed by atoms with Gasteiger partial charge in [-0.15, -0.1) is 0 Å². The maximum atomic E-state index is 13.1. The highest BCUT2D eigenvalue weighted by atomic mass is 16.7. The van der Waals surface area contributed by atoms with Gasteiger partial charge in [-0.3, -0.25) is 4.79 Å². The first-order valence-corrected chi connectivity index (χ1v) is 32.1. The Kier molecular flexibility index (Phi) is 51.6. The summed E-state index contributed by atoms with van der Waals surface area (Å²) in [7, 11) is 0. The number of rotatable bonds is 56. The Morgan fingerprint density at radius 1 is 0.452 bits per heavy atom. The Morgan fingerprint density at radius 2 is 0.767 bits per heavy atom. The van der Waals surface area contributed by atoms with E-state index in [9.17, 15) is 30.3 Å². The minimum atomic E-state index is -1.57. The Balaban J connectivity index is 2.17. The molecule has 0 spiro atoms. The summed E-state index contributed by atoms with van der Waals surface area (Å²) in [6.07, 6.45) is 62.6. The number of nitrogens with one attached hydrogen (secondary N) is 1. The number of carbonyl (C=O) groups excluding carboxylic acids is 1. The van der Waals surface area contributed by atoms with Crippen LogP contribution in [0.3, 0.4) is 0 Å². The van der Waals surface area contributed by atoms with Crippen molar-refractivity contribution in [3.63, 3.8) is 0 Å². The number of allylic oxidation sites excluding steroid dienone is 3. The highest BCUT2D eigenvalue weighted by molar-refractivity contribution is 5.76. The summed E-state index contributed by atoms with van der Waals surface area (Å²) in [5.41, 5.74) is 0. The lowest BCUT2D eigenvalue weighted by Crippen LogP contribution is -2.60. The first-order chi connectivity index (χ1) is 35.8. The molecule has 0 aromatic heterocycles. The number of unbranched alkanes of at least 4 members (excludes halogenated alkanes) is 44. The second-order valence-electron chi connectivity index (χ2n) is 22.6. The van der Waals surface area contributed by atoms with Gasteiger partial charge in [0.1, 0.15) is 24.4 Å². The zero-order valence-electron chi connectivity index (χ0n) is 48.2. The largest absolute Gasteiger partial charge is 0.394 e. The molecule has 1 aliphatic heterocycles. The van der Waals surface area contributed by atoms with E-state index >= 15 is 0 Å². The predicted molar refractivity (Wildman–Crippen MR) is 309 cm³/mol. The topological polar surface area (TPSA) is 149 Å².